The normalized spacial score (nSPS) is 35.5. The van der Waals surface area contributed by atoms with Crippen LogP contribution in [0.25, 0.3) is 0 Å². The Labute approximate surface area is 114 Å². The van der Waals surface area contributed by atoms with Gasteiger partial charge in [-0.25, -0.2) is 4.98 Å². The summed E-state index contributed by atoms with van der Waals surface area (Å²) in [6.45, 7) is 7.20. The van der Waals surface area contributed by atoms with Gasteiger partial charge >= 0.3 is 5.97 Å². The van der Waals surface area contributed by atoms with E-state index >= 15 is 0 Å². The molecule has 3 rings (SSSR count). The predicted octanol–water partition coefficient (Wildman–Crippen LogP) is 2.64. The Morgan fingerprint density at radius 2 is 2.26 bits per heavy atom. The van der Waals surface area contributed by atoms with Crippen molar-refractivity contribution in [2.45, 2.75) is 52.7 Å². The van der Waals surface area contributed by atoms with Crippen molar-refractivity contribution in [1.29, 1.82) is 0 Å². The van der Waals surface area contributed by atoms with Crippen LogP contribution in [0.5, 0.6) is 0 Å². The summed E-state index contributed by atoms with van der Waals surface area (Å²) >= 11 is 0. The monoisotopic (exact) mass is 262 g/mol. The van der Waals surface area contributed by atoms with Crippen LogP contribution in [0.2, 0.25) is 0 Å². The molecule has 0 N–H and O–H groups in total. The van der Waals surface area contributed by atoms with E-state index in [2.05, 4.69) is 25.8 Å². The minimum absolute atomic E-state index is 0.0808. The summed E-state index contributed by atoms with van der Waals surface area (Å²) in [5.74, 6) is 0.552. The molecule has 0 radical (unpaired) electrons. The van der Waals surface area contributed by atoms with Gasteiger partial charge in [0, 0.05) is 17.8 Å². The maximum atomic E-state index is 12.0. The Hall–Kier alpha value is -1.32. The van der Waals surface area contributed by atoms with E-state index < -0.39 is 0 Å². The van der Waals surface area contributed by atoms with Crippen molar-refractivity contribution in [3.8, 4) is 0 Å². The fourth-order valence-electron chi connectivity index (χ4n) is 4.03. The summed E-state index contributed by atoms with van der Waals surface area (Å²) in [5, 5.41) is 0. The summed E-state index contributed by atoms with van der Waals surface area (Å²) in [6.07, 6.45) is 8.67. The molecule has 0 amide bonds. The van der Waals surface area contributed by atoms with Gasteiger partial charge in [-0.3, -0.25) is 4.79 Å². The lowest BCUT2D eigenvalue weighted by atomic mass is 9.70. The molecule has 4 heteroatoms. The van der Waals surface area contributed by atoms with Crippen LogP contribution < -0.4 is 0 Å². The molecule has 2 aliphatic carbocycles. The highest BCUT2D eigenvalue weighted by atomic mass is 16.5. The second kappa shape index (κ2) is 4.09. The smallest absolute Gasteiger partial charge is 0.326 e. The van der Waals surface area contributed by atoms with Gasteiger partial charge in [-0.15, -0.1) is 0 Å². The Morgan fingerprint density at radius 3 is 2.79 bits per heavy atom. The van der Waals surface area contributed by atoms with Gasteiger partial charge in [0.15, 0.2) is 0 Å². The zero-order valence-corrected chi connectivity index (χ0v) is 11.9. The molecule has 0 saturated heterocycles. The lowest BCUT2D eigenvalue weighted by molar-refractivity contribution is -0.157. The highest BCUT2D eigenvalue weighted by molar-refractivity contribution is 5.69. The van der Waals surface area contributed by atoms with E-state index in [0.29, 0.717) is 5.92 Å². The number of hydrogen-bond acceptors (Lipinski definition) is 3. The summed E-state index contributed by atoms with van der Waals surface area (Å²) < 4.78 is 7.52. The fourth-order valence-corrected chi connectivity index (χ4v) is 4.03. The molecule has 0 aliphatic heterocycles. The number of carbonyl (C=O) groups is 1. The maximum absolute atomic E-state index is 12.0. The summed E-state index contributed by atoms with van der Waals surface area (Å²) in [6, 6.07) is 0. The molecule has 104 valence electrons. The molecule has 1 heterocycles. The van der Waals surface area contributed by atoms with Crippen LogP contribution in [-0.2, 0) is 16.1 Å². The summed E-state index contributed by atoms with van der Waals surface area (Å²) in [5.41, 5.74) is 0.426. The van der Waals surface area contributed by atoms with Gasteiger partial charge in [0.2, 0.25) is 0 Å². The van der Waals surface area contributed by atoms with Gasteiger partial charge in [0.1, 0.15) is 12.6 Å². The number of hydrogen-bond donors (Lipinski definition) is 0. The number of fused-ring (bicyclic) bond motifs is 2. The first kappa shape index (κ1) is 12.7. The van der Waals surface area contributed by atoms with Crippen LogP contribution in [0.3, 0.4) is 0 Å². The lowest BCUT2D eigenvalue weighted by Crippen LogP contribution is -2.38. The van der Waals surface area contributed by atoms with Crippen molar-refractivity contribution >= 4 is 5.97 Å². The molecule has 0 spiro atoms. The molecule has 0 aromatic carbocycles. The number of esters is 1. The van der Waals surface area contributed by atoms with Crippen LogP contribution in [-0.4, -0.2) is 21.6 Å². The van der Waals surface area contributed by atoms with E-state index in [1.807, 2.05) is 0 Å². The van der Waals surface area contributed by atoms with Crippen molar-refractivity contribution in [2.24, 2.45) is 16.7 Å². The van der Waals surface area contributed by atoms with E-state index in [0.717, 1.165) is 6.42 Å². The quantitative estimate of drug-likeness (QED) is 0.787. The van der Waals surface area contributed by atoms with E-state index in [1.165, 1.54) is 12.8 Å². The van der Waals surface area contributed by atoms with Crippen LogP contribution in [0, 0.1) is 16.7 Å². The number of carbonyl (C=O) groups excluding carboxylic acids is 1. The van der Waals surface area contributed by atoms with Gasteiger partial charge < -0.3 is 9.30 Å². The zero-order chi connectivity index (χ0) is 13.7. The molecule has 2 aliphatic rings. The van der Waals surface area contributed by atoms with Gasteiger partial charge in [-0.1, -0.05) is 20.8 Å². The highest BCUT2D eigenvalue weighted by Gasteiger charge is 2.62. The van der Waals surface area contributed by atoms with Crippen LogP contribution in [0.4, 0.5) is 0 Å². The average Bonchev–Trinajstić information content (AvgIpc) is 2.95. The van der Waals surface area contributed by atoms with Crippen LogP contribution in [0.15, 0.2) is 18.7 Å². The standard InChI is InChI=1S/C15H22N2O2/c1-14(2)11-4-5-15(14,3)12(8-11)19-13(18)9-17-7-6-16-10-17/h6-7,10-12H,4-5,8-9H2,1-3H3/t11-,12+,15-/m0/s1. The molecule has 4 nitrogen and oxygen atoms in total. The highest BCUT2D eigenvalue weighted by Crippen LogP contribution is 2.66. The van der Waals surface area contributed by atoms with E-state index in [4.69, 9.17) is 4.74 Å². The molecular weight excluding hydrogens is 240 g/mol. The molecule has 1 aromatic heterocycles. The summed E-state index contributed by atoms with van der Waals surface area (Å²) in [7, 11) is 0. The van der Waals surface area contributed by atoms with Crippen molar-refractivity contribution in [2.75, 3.05) is 0 Å². The summed E-state index contributed by atoms with van der Waals surface area (Å²) in [4.78, 5) is 16.0. The molecule has 3 atom stereocenters. The topological polar surface area (TPSA) is 44.1 Å². The molecular formula is C15H22N2O2. The maximum Gasteiger partial charge on any atom is 0.326 e. The predicted molar refractivity (Wildman–Crippen MR) is 71.3 cm³/mol. The van der Waals surface area contributed by atoms with Gasteiger partial charge in [0.05, 0.1) is 6.33 Å². The Morgan fingerprint density at radius 1 is 1.47 bits per heavy atom. The average molecular weight is 262 g/mol. The van der Waals surface area contributed by atoms with Crippen LogP contribution in [0.1, 0.15) is 40.0 Å². The van der Waals surface area contributed by atoms with Crippen molar-refractivity contribution in [3.63, 3.8) is 0 Å². The first-order chi connectivity index (χ1) is 8.93. The SMILES string of the molecule is CC1(C)[C@H]2CC[C@@]1(C)[C@H](OC(=O)Cn1ccnc1)C2. The molecule has 1 aromatic rings. The second-order valence-corrected chi connectivity index (χ2v) is 6.82. The molecule has 2 bridgehead atoms. The Bertz CT molecular complexity index is 480. The minimum atomic E-state index is -0.146. The molecule has 2 saturated carbocycles. The zero-order valence-electron chi connectivity index (χ0n) is 11.9. The van der Waals surface area contributed by atoms with E-state index in [-0.39, 0.29) is 29.4 Å². The van der Waals surface area contributed by atoms with E-state index in [9.17, 15) is 4.79 Å². The van der Waals surface area contributed by atoms with Crippen LogP contribution >= 0.6 is 0 Å². The van der Waals surface area contributed by atoms with Gasteiger partial charge in [-0.05, 0) is 30.6 Å². The number of rotatable bonds is 3. The molecule has 19 heavy (non-hydrogen) atoms. The first-order valence-electron chi connectivity index (χ1n) is 7.09. The van der Waals surface area contributed by atoms with Crippen molar-refractivity contribution in [3.05, 3.63) is 18.7 Å². The number of aromatic nitrogens is 2. The Balaban J connectivity index is 1.67. The molecule has 0 unspecified atom stereocenters. The third kappa shape index (κ3) is 1.80. The third-order valence-corrected chi connectivity index (χ3v) is 5.86. The minimum Gasteiger partial charge on any atom is -0.460 e. The number of nitrogens with zero attached hydrogens (tertiary/aromatic N) is 2. The largest absolute Gasteiger partial charge is 0.460 e. The first-order valence-corrected chi connectivity index (χ1v) is 7.09. The number of imidazole rings is 1. The van der Waals surface area contributed by atoms with Gasteiger partial charge in [0.25, 0.3) is 0 Å². The number of ether oxygens (including phenoxy) is 1. The van der Waals surface area contributed by atoms with Gasteiger partial charge in [-0.2, -0.15) is 0 Å². The molecule has 2 fully saturated rings. The fraction of sp³-hybridized carbons (Fsp3) is 0.733. The van der Waals surface area contributed by atoms with Crippen molar-refractivity contribution < 1.29 is 9.53 Å². The third-order valence-electron chi connectivity index (χ3n) is 5.86. The second-order valence-electron chi connectivity index (χ2n) is 6.82. The Kier molecular flexibility index (Phi) is 2.73. The lowest BCUT2D eigenvalue weighted by Gasteiger charge is -2.38. The van der Waals surface area contributed by atoms with Crippen molar-refractivity contribution in [1.82, 2.24) is 9.55 Å². The van der Waals surface area contributed by atoms with E-state index in [1.54, 1.807) is 23.3 Å².